The van der Waals surface area contributed by atoms with Gasteiger partial charge in [0.2, 0.25) is 0 Å². The summed E-state index contributed by atoms with van der Waals surface area (Å²) in [5.74, 6) is -0.762. The number of alkyl halides is 3. The number of hydrogen-bond acceptors (Lipinski definition) is 5. The van der Waals surface area contributed by atoms with Crippen LogP contribution in [0.15, 0.2) is 71.6 Å². The van der Waals surface area contributed by atoms with E-state index in [4.69, 9.17) is 4.74 Å². The third-order valence-electron chi connectivity index (χ3n) is 6.33. The number of nitrogens with zero attached hydrogens (tertiary/aromatic N) is 1. The van der Waals surface area contributed by atoms with E-state index in [1.165, 1.54) is 19.1 Å². The molecule has 2 unspecified atom stereocenters. The van der Waals surface area contributed by atoms with Gasteiger partial charge in [-0.05, 0) is 42.5 Å². The van der Waals surface area contributed by atoms with Gasteiger partial charge in [0.25, 0.3) is 0 Å². The van der Waals surface area contributed by atoms with Crippen molar-refractivity contribution in [2.75, 3.05) is 26.0 Å². The summed E-state index contributed by atoms with van der Waals surface area (Å²) in [4.78, 5) is 1.70. The van der Waals surface area contributed by atoms with Crippen LogP contribution in [0.25, 0.3) is 0 Å². The number of rotatable bonds is 12. The monoisotopic (exact) mass is 567 g/mol. The van der Waals surface area contributed by atoms with Gasteiger partial charge in [-0.2, -0.15) is 13.2 Å². The summed E-state index contributed by atoms with van der Waals surface area (Å²) in [6.07, 6.45) is -4.37. The topological polar surface area (TPSA) is 66.8 Å². The van der Waals surface area contributed by atoms with Crippen LogP contribution in [0, 0.1) is 5.82 Å². The van der Waals surface area contributed by atoms with Crippen molar-refractivity contribution in [2.45, 2.75) is 49.9 Å². The van der Waals surface area contributed by atoms with Crippen LogP contribution in [-0.4, -0.2) is 44.4 Å². The van der Waals surface area contributed by atoms with Crippen LogP contribution >= 0.6 is 0 Å². The molecule has 10 heteroatoms. The maximum atomic E-state index is 14.6. The highest BCUT2D eigenvalue weighted by molar-refractivity contribution is 7.90. The van der Waals surface area contributed by atoms with Crippen LogP contribution in [0.2, 0.25) is 0 Å². The zero-order chi connectivity index (χ0) is 28.8. The van der Waals surface area contributed by atoms with Crippen molar-refractivity contribution in [2.24, 2.45) is 0 Å². The molecule has 0 saturated heterocycles. The van der Waals surface area contributed by atoms with Gasteiger partial charge in [0, 0.05) is 37.5 Å². The standard InChI is InChI=1S/C29H33F4NO4S/c1-20(23-10-5-4-6-11-23)18-34(19-22-9-7-12-24(15-22)29(31,32)33)13-8-14-38-25-16-26(30)28(21(2)35)27(17-25)39(3,36)37/h4-7,9-12,15-17,20-21,35H,8,13-14,18-19H2,1-3H3. The second-order valence-electron chi connectivity index (χ2n) is 9.71. The van der Waals surface area contributed by atoms with E-state index in [2.05, 4.69) is 0 Å². The van der Waals surface area contributed by atoms with Crippen molar-refractivity contribution in [3.05, 3.63) is 94.8 Å². The van der Waals surface area contributed by atoms with E-state index in [1.807, 2.05) is 42.2 Å². The summed E-state index contributed by atoms with van der Waals surface area (Å²) in [6, 6.07) is 17.3. The summed E-state index contributed by atoms with van der Waals surface area (Å²) in [5, 5.41) is 9.84. The molecule has 0 aliphatic heterocycles. The van der Waals surface area contributed by atoms with Crippen LogP contribution in [-0.2, 0) is 22.6 Å². The van der Waals surface area contributed by atoms with E-state index >= 15 is 0 Å². The Kier molecular flexibility index (Phi) is 10.1. The molecule has 39 heavy (non-hydrogen) atoms. The van der Waals surface area contributed by atoms with Crippen molar-refractivity contribution in [1.82, 2.24) is 4.90 Å². The second-order valence-corrected chi connectivity index (χ2v) is 11.7. The summed E-state index contributed by atoms with van der Waals surface area (Å²) < 4.78 is 84.3. The molecule has 0 aliphatic carbocycles. The molecule has 0 aliphatic rings. The quantitative estimate of drug-likeness (QED) is 0.203. The molecule has 0 radical (unpaired) electrons. The van der Waals surface area contributed by atoms with Crippen LogP contribution < -0.4 is 4.74 Å². The zero-order valence-electron chi connectivity index (χ0n) is 22.1. The number of aliphatic hydroxyl groups is 1. The molecule has 2 atom stereocenters. The summed E-state index contributed by atoms with van der Waals surface area (Å²) in [5.41, 5.74) is 0.611. The van der Waals surface area contributed by atoms with Crippen LogP contribution in [0.1, 0.15) is 54.5 Å². The summed E-state index contributed by atoms with van der Waals surface area (Å²) >= 11 is 0. The molecule has 3 rings (SSSR count). The fourth-order valence-electron chi connectivity index (χ4n) is 4.46. The molecule has 3 aromatic rings. The van der Waals surface area contributed by atoms with Gasteiger partial charge >= 0.3 is 6.18 Å². The first kappa shape index (κ1) is 30.6. The van der Waals surface area contributed by atoms with E-state index in [0.717, 1.165) is 30.0 Å². The normalized spacial score (nSPS) is 13.9. The molecule has 0 bridgehead atoms. The van der Waals surface area contributed by atoms with Crippen molar-refractivity contribution >= 4 is 9.84 Å². The molecule has 0 amide bonds. The molecule has 0 fully saturated rings. The first-order chi connectivity index (χ1) is 18.3. The molecule has 0 spiro atoms. The van der Waals surface area contributed by atoms with Gasteiger partial charge < -0.3 is 9.84 Å². The Labute approximate surface area is 227 Å². The molecule has 0 saturated carbocycles. The van der Waals surface area contributed by atoms with Crippen LogP contribution in [0.3, 0.4) is 0 Å². The van der Waals surface area contributed by atoms with Gasteiger partial charge in [-0.3, -0.25) is 4.90 Å². The smallest absolute Gasteiger partial charge is 0.416 e. The summed E-state index contributed by atoms with van der Waals surface area (Å²) in [7, 11) is -3.82. The average Bonchev–Trinajstić information content (AvgIpc) is 2.85. The lowest BCUT2D eigenvalue weighted by Crippen LogP contribution is -2.29. The lowest BCUT2D eigenvalue weighted by Gasteiger charge is -2.26. The molecular formula is C29H33F4NO4S. The number of benzene rings is 3. The third-order valence-corrected chi connectivity index (χ3v) is 7.47. The molecule has 5 nitrogen and oxygen atoms in total. The van der Waals surface area contributed by atoms with Crippen molar-refractivity contribution in [3.63, 3.8) is 0 Å². The SMILES string of the molecule is CC(O)c1c(F)cc(OCCCN(Cc2cccc(C(F)(F)F)c2)CC(C)c2ccccc2)cc1S(C)(=O)=O. The number of aliphatic hydroxyl groups excluding tert-OH is 1. The molecule has 0 heterocycles. The second kappa shape index (κ2) is 12.9. The molecule has 0 aromatic heterocycles. The van der Waals surface area contributed by atoms with Gasteiger partial charge in [-0.25, -0.2) is 12.8 Å². The zero-order valence-corrected chi connectivity index (χ0v) is 22.9. The van der Waals surface area contributed by atoms with Gasteiger partial charge in [-0.1, -0.05) is 55.5 Å². The molecule has 1 N–H and O–H groups in total. The Balaban J connectivity index is 1.73. The van der Waals surface area contributed by atoms with Crippen LogP contribution in [0.4, 0.5) is 17.6 Å². The predicted molar refractivity (Wildman–Crippen MR) is 142 cm³/mol. The number of sulfone groups is 1. The largest absolute Gasteiger partial charge is 0.493 e. The predicted octanol–water partition coefficient (Wildman–Crippen LogP) is 6.38. The van der Waals surface area contributed by atoms with E-state index in [9.17, 15) is 31.1 Å². The maximum Gasteiger partial charge on any atom is 0.416 e. The number of ether oxygens (including phenoxy) is 1. The van der Waals surface area contributed by atoms with Gasteiger partial charge in [0.1, 0.15) is 11.6 Å². The van der Waals surface area contributed by atoms with Gasteiger partial charge in [-0.15, -0.1) is 0 Å². The summed E-state index contributed by atoms with van der Waals surface area (Å²) in [6.45, 7) is 4.79. The van der Waals surface area contributed by atoms with Gasteiger partial charge in [0.15, 0.2) is 9.84 Å². The van der Waals surface area contributed by atoms with Crippen LogP contribution in [0.5, 0.6) is 5.75 Å². The number of hydrogen-bond donors (Lipinski definition) is 1. The fraction of sp³-hybridized carbons (Fsp3) is 0.379. The minimum absolute atomic E-state index is 0.0133. The maximum absolute atomic E-state index is 14.6. The Morgan fingerprint density at radius 2 is 1.69 bits per heavy atom. The molecular weight excluding hydrogens is 534 g/mol. The Bertz CT molecular complexity index is 1350. The highest BCUT2D eigenvalue weighted by Gasteiger charge is 2.30. The minimum atomic E-state index is -4.44. The minimum Gasteiger partial charge on any atom is -0.493 e. The van der Waals surface area contributed by atoms with E-state index in [0.29, 0.717) is 25.1 Å². The Hall–Kier alpha value is -2.95. The van der Waals surface area contributed by atoms with E-state index < -0.39 is 33.5 Å². The number of halogens is 4. The van der Waals surface area contributed by atoms with Crippen molar-refractivity contribution in [3.8, 4) is 5.75 Å². The van der Waals surface area contributed by atoms with Crippen molar-refractivity contribution in [1.29, 1.82) is 0 Å². The van der Waals surface area contributed by atoms with E-state index in [1.54, 1.807) is 6.07 Å². The highest BCUT2D eigenvalue weighted by atomic mass is 32.2. The van der Waals surface area contributed by atoms with Gasteiger partial charge in [0.05, 0.1) is 23.2 Å². The first-order valence-corrected chi connectivity index (χ1v) is 14.4. The Morgan fingerprint density at radius 1 is 1.00 bits per heavy atom. The first-order valence-electron chi connectivity index (χ1n) is 12.5. The average molecular weight is 568 g/mol. The molecule has 3 aromatic carbocycles. The molecule has 212 valence electrons. The lowest BCUT2D eigenvalue weighted by atomic mass is 10.00. The third kappa shape index (κ3) is 8.78. The fourth-order valence-corrected chi connectivity index (χ4v) is 5.45. The lowest BCUT2D eigenvalue weighted by molar-refractivity contribution is -0.137. The highest BCUT2D eigenvalue weighted by Crippen LogP contribution is 2.31. The van der Waals surface area contributed by atoms with E-state index in [-0.39, 0.29) is 35.3 Å². The van der Waals surface area contributed by atoms with Crippen molar-refractivity contribution < 1.29 is 35.8 Å². The Morgan fingerprint density at radius 3 is 2.31 bits per heavy atom.